The van der Waals surface area contributed by atoms with Crippen molar-refractivity contribution in [1.29, 1.82) is 0 Å². The Morgan fingerprint density at radius 3 is 2.55 bits per heavy atom. The summed E-state index contributed by atoms with van der Waals surface area (Å²) in [6, 6.07) is 15.2. The molecule has 4 rings (SSSR count). The van der Waals surface area contributed by atoms with Gasteiger partial charge in [-0.2, -0.15) is 9.71 Å². The Morgan fingerprint density at radius 2 is 1.81 bits per heavy atom. The minimum atomic E-state index is -4.00. The highest BCUT2D eigenvalue weighted by atomic mass is 35.5. The molecule has 10 nitrogen and oxygen atoms in total. The molecule has 0 saturated carbocycles. The van der Waals surface area contributed by atoms with Gasteiger partial charge in [0.1, 0.15) is 0 Å². The third kappa shape index (κ3) is 5.11. The number of nitrogens with zero attached hydrogens (tertiary/aromatic N) is 4. The number of hydrogen-bond acceptors (Lipinski definition) is 9. The van der Waals surface area contributed by atoms with Crippen molar-refractivity contribution in [3.63, 3.8) is 0 Å². The van der Waals surface area contributed by atoms with Gasteiger partial charge in [0.05, 0.1) is 6.54 Å². The van der Waals surface area contributed by atoms with Crippen molar-refractivity contribution in [3.05, 3.63) is 71.1 Å². The van der Waals surface area contributed by atoms with Crippen molar-refractivity contribution >= 4 is 44.0 Å². The highest BCUT2D eigenvalue weighted by molar-refractivity contribution is 7.91. The highest BCUT2D eigenvalue weighted by Gasteiger charge is 2.22. The number of rotatable bonds is 7. The Bertz CT molecular complexity index is 1310. The molecule has 4 aromatic rings. The molecule has 0 fully saturated rings. The molecule has 0 unspecified atom stereocenters. The van der Waals surface area contributed by atoms with Gasteiger partial charge in [-0.1, -0.05) is 46.3 Å². The first-order valence-electron chi connectivity index (χ1n) is 8.69. The average Bonchev–Trinajstić information content (AvgIpc) is 3.44. The minimum absolute atomic E-state index is 0.0528. The molecule has 0 aliphatic carbocycles. The normalized spacial score (nSPS) is 11.4. The smallest absolute Gasteiger partial charge is 0.270 e. The summed E-state index contributed by atoms with van der Waals surface area (Å²) in [6.45, 7) is -0.242. The number of sulfonamides is 1. The van der Waals surface area contributed by atoms with E-state index in [1.165, 1.54) is 0 Å². The van der Waals surface area contributed by atoms with Gasteiger partial charge in [-0.05, 0) is 36.4 Å². The quantitative estimate of drug-likeness (QED) is 0.388. The van der Waals surface area contributed by atoms with Crippen LogP contribution in [0.4, 0.5) is 5.13 Å². The topological polar surface area (TPSA) is 140 Å². The summed E-state index contributed by atoms with van der Waals surface area (Å²) < 4.78 is 32.0. The fraction of sp³-hybridized carbons (Fsp3) is 0.0556. The molecule has 0 aliphatic heterocycles. The zero-order valence-electron chi connectivity index (χ0n) is 15.5. The van der Waals surface area contributed by atoms with E-state index < -0.39 is 15.9 Å². The number of aromatic nitrogens is 4. The van der Waals surface area contributed by atoms with Crippen LogP contribution in [0.3, 0.4) is 0 Å². The second-order valence-electron chi connectivity index (χ2n) is 6.04. The summed E-state index contributed by atoms with van der Waals surface area (Å²) in [5, 5.41) is 14.3. The van der Waals surface area contributed by atoms with Crippen molar-refractivity contribution in [1.82, 2.24) is 25.1 Å². The van der Waals surface area contributed by atoms with Crippen molar-refractivity contribution in [2.24, 2.45) is 0 Å². The zero-order chi connectivity index (χ0) is 21.8. The van der Waals surface area contributed by atoms with E-state index in [-0.39, 0.29) is 21.9 Å². The maximum Gasteiger partial charge on any atom is 0.270 e. The van der Waals surface area contributed by atoms with Crippen molar-refractivity contribution in [2.45, 2.75) is 10.9 Å². The first kappa shape index (κ1) is 21.1. The number of anilines is 1. The number of carbonyl (C=O) groups excluding carboxylic acids is 1. The van der Waals surface area contributed by atoms with E-state index in [2.05, 4.69) is 30.4 Å². The number of nitrogens with one attached hydrogen (secondary N) is 2. The number of hydrogen-bond donors (Lipinski definition) is 2. The van der Waals surface area contributed by atoms with E-state index in [9.17, 15) is 13.2 Å². The average molecular weight is 477 g/mol. The number of benzene rings is 2. The van der Waals surface area contributed by atoms with Crippen LogP contribution in [0.1, 0.15) is 16.2 Å². The molecular formula is C18H13ClN6O4S2. The lowest BCUT2D eigenvalue weighted by atomic mass is 10.2. The van der Waals surface area contributed by atoms with Gasteiger partial charge in [-0.25, -0.2) is 8.42 Å². The van der Waals surface area contributed by atoms with Crippen molar-refractivity contribution in [2.75, 3.05) is 5.32 Å². The van der Waals surface area contributed by atoms with Crippen LogP contribution in [0, 0.1) is 0 Å². The monoisotopic (exact) mass is 476 g/mol. The van der Waals surface area contributed by atoms with Gasteiger partial charge >= 0.3 is 0 Å². The molecule has 2 aromatic carbocycles. The molecule has 0 atom stereocenters. The van der Waals surface area contributed by atoms with Crippen LogP contribution in [-0.2, 0) is 16.6 Å². The van der Waals surface area contributed by atoms with E-state index >= 15 is 0 Å². The molecule has 0 radical (unpaired) electrons. The lowest BCUT2D eigenvalue weighted by Crippen LogP contribution is -2.23. The van der Waals surface area contributed by atoms with E-state index in [0.29, 0.717) is 22.0 Å². The molecule has 31 heavy (non-hydrogen) atoms. The molecule has 0 spiro atoms. The van der Waals surface area contributed by atoms with Crippen LogP contribution in [-0.4, -0.2) is 34.7 Å². The molecule has 158 valence electrons. The number of halogens is 1. The summed E-state index contributed by atoms with van der Waals surface area (Å²) in [7, 11) is -4.00. The summed E-state index contributed by atoms with van der Waals surface area (Å²) in [6.07, 6.45) is 0. The first-order chi connectivity index (χ1) is 14.9. The SMILES string of the molecule is O=C(Nc1nnc(S(=O)(=O)NCc2nc(-c3ccc(Cl)cc3)no2)s1)c1ccccc1. The Labute approximate surface area is 185 Å². The van der Waals surface area contributed by atoms with Gasteiger partial charge in [0.25, 0.3) is 15.9 Å². The van der Waals surface area contributed by atoms with Gasteiger partial charge < -0.3 is 4.52 Å². The van der Waals surface area contributed by atoms with Gasteiger partial charge in [0, 0.05) is 16.1 Å². The lowest BCUT2D eigenvalue weighted by molar-refractivity contribution is 0.102. The van der Waals surface area contributed by atoms with Crippen LogP contribution >= 0.6 is 22.9 Å². The molecule has 13 heteroatoms. The van der Waals surface area contributed by atoms with Crippen LogP contribution in [0.5, 0.6) is 0 Å². The molecule has 1 amide bonds. The predicted molar refractivity (Wildman–Crippen MR) is 113 cm³/mol. The van der Waals surface area contributed by atoms with Gasteiger partial charge in [0.2, 0.25) is 21.2 Å². The van der Waals surface area contributed by atoms with Gasteiger partial charge in [-0.3, -0.25) is 10.1 Å². The molecule has 0 bridgehead atoms. The van der Waals surface area contributed by atoms with Crippen LogP contribution < -0.4 is 10.0 Å². The molecule has 2 aromatic heterocycles. The Kier molecular flexibility index (Phi) is 6.04. The minimum Gasteiger partial charge on any atom is -0.338 e. The van der Waals surface area contributed by atoms with E-state index in [4.69, 9.17) is 16.1 Å². The third-order valence-corrected chi connectivity index (χ3v) is 6.74. The van der Waals surface area contributed by atoms with Gasteiger partial charge in [0.15, 0.2) is 0 Å². The Hall–Kier alpha value is -3.19. The fourth-order valence-corrected chi connectivity index (χ4v) is 4.43. The zero-order valence-corrected chi connectivity index (χ0v) is 17.9. The van der Waals surface area contributed by atoms with E-state index in [1.54, 1.807) is 54.6 Å². The summed E-state index contributed by atoms with van der Waals surface area (Å²) in [5.74, 6) is -0.0578. The second-order valence-corrected chi connectivity index (χ2v) is 9.39. The van der Waals surface area contributed by atoms with E-state index in [0.717, 1.165) is 11.3 Å². The molecular weight excluding hydrogens is 464 g/mol. The third-order valence-electron chi connectivity index (χ3n) is 3.88. The van der Waals surface area contributed by atoms with Crippen LogP contribution in [0.2, 0.25) is 5.02 Å². The maximum atomic E-state index is 12.5. The summed E-state index contributed by atoms with van der Waals surface area (Å²) in [4.78, 5) is 16.3. The molecule has 0 saturated heterocycles. The highest BCUT2D eigenvalue weighted by Crippen LogP contribution is 2.21. The summed E-state index contributed by atoms with van der Waals surface area (Å²) >= 11 is 6.57. The first-order valence-corrected chi connectivity index (χ1v) is 11.4. The predicted octanol–water partition coefficient (Wildman–Crippen LogP) is 2.97. The second kappa shape index (κ2) is 8.89. The summed E-state index contributed by atoms with van der Waals surface area (Å²) in [5.41, 5.74) is 1.08. The molecule has 0 aliphatic rings. The maximum absolute atomic E-state index is 12.5. The standard InChI is InChI=1S/C18H13ClN6O4S2/c19-13-8-6-11(7-9-13)15-21-14(29-25-15)10-20-31(27,28)18-24-23-17(30-18)22-16(26)12-4-2-1-3-5-12/h1-9,20H,10H2,(H,22,23,26). The van der Waals surface area contributed by atoms with E-state index in [1.807, 2.05) is 0 Å². The van der Waals surface area contributed by atoms with Crippen LogP contribution in [0.15, 0.2) is 63.5 Å². The van der Waals surface area contributed by atoms with Gasteiger partial charge in [-0.15, -0.1) is 10.2 Å². The van der Waals surface area contributed by atoms with Crippen molar-refractivity contribution in [3.8, 4) is 11.4 Å². The van der Waals surface area contributed by atoms with Crippen LogP contribution in [0.25, 0.3) is 11.4 Å². The Morgan fingerprint density at radius 1 is 1.06 bits per heavy atom. The number of carbonyl (C=O) groups is 1. The molecule has 2 N–H and O–H groups in total. The largest absolute Gasteiger partial charge is 0.338 e. The number of amides is 1. The van der Waals surface area contributed by atoms with Crippen molar-refractivity contribution < 1.29 is 17.7 Å². The molecule has 2 heterocycles. The fourth-order valence-electron chi connectivity index (χ4n) is 2.39. The Balaban J connectivity index is 1.39. The lowest BCUT2D eigenvalue weighted by Gasteiger charge is -2.00.